The standard InChI is InChI=1S/C81H140O17P2/c1-5-9-13-17-21-25-29-32-34-36-37-39-41-44-47-50-54-58-62-66-79(84)92-72-77(98-81(86)68-64-60-56-52-48-42-31-27-23-19-15-11-7-3)74-96-100(89,90)94-70-75(82)69-93-99(87,88)95-73-76(97-80(85)67-63-59-55-51-45-28-24-20-16-12-8-4)71-91-78(83)65-61-57-53-49-46-43-40-38-35-33-30-26-22-18-14-10-6-2/h9-10,13-14,20-22,24-27,31-35,37,39,75-77,82H,5-8,11-12,15-19,23,28-30,36,38,40-74H2,1-4H3,(H,87,88)(H,89,90)/b13-9-,14-10-,24-20-,25-21-,26-22-,31-27-,34-32-,35-33-,39-37-. The molecule has 0 aromatic rings. The first-order valence-corrected chi connectivity index (χ1v) is 42.1. The highest BCUT2D eigenvalue weighted by Crippen LogP contribution is 2.45. The Bertz CT molecular complexity index is 2320. The van der Waals surface area contributed by atoms with Gasteiger partial charge in [-0.2, -0.15) is 0 Å². The molecule has 0 saturated heterocycles. The third-order valence-electron chi connectivity index (χ3n) is 16.2. The Morgan fingerprint density at radius 1 is 0.290 bits per heavy atom. The molecule has 0 aliphatic heterocycles. The van der Waals surface area contributed by atoms with E-state index in [1.165, 1.54) is 38.5 Å². The highest BCUT2D eigenvalue weighted by atomic mass is 31.2. The predicted octanol–water partition coefficient (Wildman–Crippen LogP) is 22.6. The molecule has 17 nitrogen and oxygen atoms in total. The fraction of sp³-hybridized carbons (Fsp3) is 0.728. The fourth-order valence-corrected chi connectivity index (χ4v) is 11.8. The van der Waals surface area contributed by atoms with E-state index in [0.717, 1.165) is 205 Å². The Morgan fingerprint density at radius 3 is 0.840 bits per heavy atom. The molecular weight excluding hydrogens is 1310 g/mol. The molecule has 0 saturated carbocycles. The van der Waals surface area contributed by atoms with Crippen LogP contribution in [0, 0.1) is 0 Å². The molecular formula is C81H140O17P2. The summed E-state index contributed by atoms with van der Waals surface area (Å²) >= 11 is 0. The maximum Gasteiger partial charge on any atom is 0.472 e. The number of aliphatic hydroxyl groups is 1. The summed E-state index contributed by atoms with van der Waals surface area (Å²) in [5, 5.41) is 10.6. The molecule has 0 aliphatic rings. The van der Waals surface area contributed by atoms with E-state index in [0.29, 0.717) is 25.7 Å². The van der Waals surface area contributed by atoms with Crippen molar-refractivity contribution in [2.24, 2.45) is 0 Å². The summed E-state index contributed by atoms with van der Waals surface area (Å²) in [6.45, 7) is 4.57. The molecule has 0 aliphatic carbocycles. The van der Waals surface area contributed by atoms with E-state index >= 15 is 0 Å². The van der Waals surface area contributed by atoms with Gasteiger partial charge in [-0.3, -0.25) is 37.3 Å². The molecule has 0 heterocycles. The Morgan fingerprint density at radius 2 is 0.530 bits per heavy atom. The summed E-state index contributed by atoms with van der Waals surface area (Å²) in [5.74, 6) is -2.21. The number of rotatable bonds is 73. The molecule has 19 heteroatoms. The van der Waals surface area contributed by atoms with Crippen LogP contribution in [0.4, 0.5) is 0 Å². The minimum absolute atomic E-state index is 0.0808. The molecule has 0 radical (unpaired) electrons. The largest absolute Gasteiger partial charge is 0.472 e. The van der Waals surface area contributed by atoms with Gasteiger partial charge in [0, 0.05) is 25.7 Å². The molecule has 5 atom stereocenters. The summed E-state index contributed by atoms with van der Waals surface area (Å²) < 4.78 is 68.5. The highest BCUT2D eigenvalue weighted by molar-refractivity contribution is 7.47. The van der Waals surface area contributed by atoms with Gasteiger partial charge in [0.25, 0.3) is 0 Å². The Balaban J connectivity index is 5.31. The quantitative estimate of drug-likeness (QED) is 0.0169. The second-order valence-electron chi connectivity index (χ2n) is 25.9. The molecule has 0 aromatic carbocycles. The average molecular weight is 1450 g/mol. The van der Waals surface area contributed by atoms with Crippen molar-refractivity contribution in [1.82, 2.24) is 0 Å². The van der Waals surface area contributed by atoms with Crippen LogP contribution < -0.4 is 0 Å². The molecule has 0 fully saturated rings. The maximum absolute atomic E-state index is 13.1. The van der Waals surface area contributed by atoms with E-state index in [4.69, 9.17) is 37.0 Å². The van der Waals surface area contributed by atoms with Crippen LogP contribution >= 0.6 is 15.6 Å². The molecule has 0 aromatic heterocycles. The number of carbonyl (C=O) groups excluding carboxylic acids is 4. The highest BCUT2D eigenvalue weighted by Gasteiger charge is 2.30. The molecule has 576 valence electrons. The number of carbonyl (C=O) groups is 4. The van der Waals surface area contributed by atoms with E-state index in [2.05, 4.69) is 137 Å². The average Bonchev–Trinajstić information content (AvgIpc) is 0.940. The number of hydrogen-bond acceptors (Lipinski definition) is 15. The van der Waals surface area contributed by atoms with E-state index in [-0.39, 0.29) is 25.7 Å². The van der Waals surface area contributed by atoms with Crippen molar-refractivity contribution >= 4 is 39.5 Å². The third-order valence-corrected chi connectivity index (χ3v) is 18.1. The summed E-state index contributed by atoms with van der Waals surface area (Å²) in [5.41, 5.74) is 0. The van der Waals surface area contributed by atoms with Crippen LogP contribution in [-0.4, -0.2) is 96.7 Å². The van der Waals surface area contributed by atoms with E-state index < -0.39 is 97.5 Å². The maximum atomic E-state index is 13.1. The number of phosphoric ester groups is 2. The first-order chi connectivity index (χ1) is 48.7. The van der Waals surface area contributed by atoms with Crippen molar-refractivity contribution in [2.45, 2.75) is 341 Å². The van der Waals surface area contributed by atoms with E-state index in [1.54, 1.807) is 0 Å². The van der Waals surface area contributed by atoms with Crippen molar-refractivity contribution in [3.63, 3.8) is 0 Å². The number of esters is 4. The first-order valence-electron chi connectivity index (χ1n) is 39.1. The zero-order valence-electron chi connectivity index (χ0n) is 62.8. The summed E-state index contributed by atoms with van der Waals surface area (Å²) in [7, 11) is -9.96. The van der Waals surface area contributed by atoms with Crippen molar-refractivity contribution in [3.05, 3.63) is 109 Å². The SMILES string of the molecule is CC/C=C\C/C=C\C/C=C\C/C=C\CCCCCCCCC(=O)OCC(COP(=O)(O)OCC(O)COP(=O)(O)OCC(COC(=O)CCCCCCCCC/C=C\C/C=C\C/C=C\CC)OC(=O)CCCCCCC/C=C\CCCC)OC(=O)CCCCCCC/C=C\CCCCCC. The number of phosphoric acid groups is 2. The molecule has 0 amide bonds. The number of allylic oxidation sites excluding steroid dienone is 18. The van der Waals surface area contributed by atoms with Crippen LogP contribution in [0.2, 0.25) is 0 Å². The van der Waals surface area contributed by atoms with Crippen LogP contribution in [0.25, 0.3) is 0 Å². The van der Waals surface area contributed by atoms with Gasteiger partial charge in [-0.15, -0.1) is 0 Å². The molecule has 0 bridgehead atoms. The first kappa shape index (κ1) is 95.7. The second-order valence-corrected chi connectivity index (χ2v) is 28.8. The smallest absolute Gasteiger partial charge is 0.462 e. The van der Waals surface area contributed by atoms with Crippen molar-refractivity contribution in [2.75, 3.05) is 39.6 Å². The molecule has 3 N–H and O–H groups in total. The van der Waals surface area contributed by atoms with Crippen molar-refractivity contribution < 1.29 is 80.2 Å². The lowest BCUT2D eigenvalue weighted by Crippen LogP contribution is -2.30. The van der Waals surface area contributed by atoms with Gasteiger partial charge in [0.2, 0.25) is 0 Å². The number of unbranched alkanes of at least 4 members (excludes halogenated alkanes) is 29. The second kappa shape index (κ2) is 73.0. The van der Waals surface area contributed by atoms with Gasteiger partial charge in [-0.05, 0) is 141 Å². The van der Waals surface area contributed by atoms with Crippen molar-refractivity contribution in [1.29, 1.82) is 0 Å². The lowest BCUT2D eigenvalue weighted by atomic mass is 10.1. The number of ether oxygens (including phenoxy) is 4. The zero-order chi connectivity index (χ0) is 73.2. The summed E-state index contributed by atoms with van der Waals surface area (Å²) in [4.78, 5) is 72.9. The van der Waals surface area contributed by atoms with Crippen molar-refractivity contribution in [3.8, 4) is 0 Å². The number of aliphatic hydroxyl groups excluding tert-OH is 1. The Labute approximate surface area is 607 Å². The van der Waals surface area contributed by atoms with Crippen LogP contribution in [0.1, 0.15) is 323 Å². The fourth-order valence-electron chi connectivity index (χ4n) is 10.3. The summed E-state index contributed by atoms with van der Waals surface area (Å²) in [6, 6.07) is 0. The minimum Gasteiger partial charge on any atom is -0.462 e. The van der Waals surface area contributed by atoms with Crippen LogP contribution in [0.3, 0.4) is 0 Å². The number of hydrogen-bond donors (Lipinski definition) is 3. The minimum atomic E-state index is -4.98. The van der Waals surface area contributed by atoms with Crippen LogP contribution in [0.5, 0.6) is 0 Å². The molecule has 0 rings (SSSR count). The normalized spacial score (nSPS) is 14.5. The Hall–Kier alpha value is -4.28. The predicted molar refractivity (Wildman–Crippen MR) is 408 cm³/mol. The van der Waals surface area contributed by atoms with Gasteiger partial charge in [0.05, 0.1) is 26.4 Å². The summed E-state index contributed by atoms with van der Waals surface area (Å²) in [6.07, 6.45) is 77.9. The Kier molecular flexibility index (Phi) is 69.9. The van der Waals surface area contributed by atoms with Gasteiger partial charge in [-0.25, -0.2) is 9.13 Å². The zero-order valence-corrected chi connectivity index (χ0v) is 64.6. The van der Waals surface area contributed by atoms with E-state index in [9.17, 15) is 43.2 Å². The van der Waals surface area contributed by atoms with Gasteiger partial charge in [0.1, 0.15) is 19.3 Å². The van der Waals surface area contributed by atoms with Gasteiger partial charge in [0.15, 0.2) is 12.2 Å². The lowest BCUT2D eigenvalue weighted by Gasteiger charge is -2.21. The monoisotopic (exact) mass is 1450 g/mol. The molecule has 100 heavy (non-hydrogen) atoms. The lowest BCUT2D eigenvalue weighted by molar-refractivity contribution is -0.161. The van der Waals surface area contributed by atoms with Gasteiger partial charge >= 0.3 is 39.5 Å². The van der Waals surface area contributed by atoms with Gasteiger partial charge in [-0.1, -0.05) is 265 Å². The third kappa shape index (κ3) is 72.1. The van der Waals surface area contributed by atoms with E-state index in [1.807, 2.05) is 0 Å². The van der Waals surface area contributed by atoms with Crippen LogP contribution in [0.15, 0.2) is 109 Å². The topological polar surface area (TPSA) is 237 Å². The molecule has 5 unspecified atom stereocenters. The molecule has 0 spiro atoms. The van der Waals surface area contributed by atoms with Gasteiger partial charge < -0.3 is 33.8 Å². The van der Waals surface area contributed by atoms with Crippen LogP contribution in [-0.2, 0) is 65.4 Å².